The molecule has 0 N–H and O–H groups in total. The molecule has 1 rings (SSSR count). The van der Waals surface area contributed by atoms with E-state index < -0.39 is 0 Å². The zero-order chi connectivity index (χ0) is 9.14. The second kappa shape index (κ2) is 3.85. The Morgan fingerprint density at radius 2 is 2.33 bits per heavy atom. The van der Waals surface area contributed by atoms with Gasteiger partial charge in [-0.05, 0) is 19.3 Å². The van der Waals surface area contributed by atoms with Crippen LogP contribution >= 0.6 is 0 Å². The maximum atomic E-state index is 11.2. The Morgan fingerprint density at radius 1 is 1.67 bits per heavy atom. The number of Topliss-reactive ketones (excluding diaryl/α,β-unsaturated/α-hetero) is 1. The van der Waals surface area contributed by atoms with Gasteiger partial charge < -0.3 is 4.74 Å². The second-order valence-electron chi connectivity index (χ2n) is 3.49. The number of ketones is 1. The van der Waals surface area contributed by atoms with E-state index in [4.69, 9.17) is 4.74 Å². The van der Waals surface area contributed by atoms with Gasteiger partial charge in [-0.25, -0.2) is 0 Å². The number of rotatable bonds is 2. The van der Waals surface area contributed by atoms with Crippen molar-refractivity contribution >= 4 is 5.78 Å². The molecule has 3 atom stereocenters. The second-order valence-corrected chi connectivity index (χ2v) is 3.49. The van der Waals surface area contributed by atoms with Crippen molar-refractivity contribution in [3.63, 3.8) is 0 Å². The van der Waals surface area contributed by atoms with Crippen molar-refractivity contribution in [3.05, 3.63) is 12.7 Å². The minimum absolute atomic E-state index is 0.190. The van der Waals surface area contributed by atoms with Gasteiger partial charge in [0.05, 0.1) is 6.10 Å². The maximum Gasteiger partial charge on any atom is 0.161 e. The van der Waals surface area contributed by atoms with Crippen LogP contribution in [0.25, 0.3) is 0 Å². The van der Waals surface area contributed by atoms with Crippen molar-refractivity contribution in [2.24, 2.45) is 5.92 Å². The highest BCUT2D eigenvalue weighted by molar-refractivity contribution is 5.83. The largest absolute Gasteiger partial charge is 0.367 e. The van der Waals surface area contributed by atoms with Gasteiger partial charge in [-0.15, -0.1) is 6.58 Å². The van der Waals surface area contributed by atoms with E-state index in [0.717, 1.165) is 6.42 Å². The molecular formula is C10H16O2. The van der Waals surface area contributed by atoms with Crippen LogP contribution in [0.3, 0.4) is 0 Å². The predicted molar refractivity (Wildman–Crippen MR) is 47.9 cm³/mol. The molecule has 68 valence electrons. The van der Waals surface area contributed by atoms with Gasteiger partial charge in [0.1, 0.15) is 6.10 Å². The zero-order valence-electron chi connectivity index (χ0n) is 7.75. The first-order chi connectivity index (χ1) is 5.65. The lowest BCUT2D eigenvalue weighted by atomic mass is 9.91. The van der Waals surface area contributed by atoms with Crippen LogP contribution in [0.15, 0.2) is 12.7 Å². The van der Waals surface area contributed by atoms with Crippen molar-refractivity contribution in [3.8, 4) is 0 Å². The summed E-state index contributed by atoms with van der Waals surface area (Å²) in [6.07, 6.45) is 3.32. The molecule has 1 aliphatic heterocycles. The number of hydrogen-bond acceptors (Lipinski definition) is 2. The van der Waals surface area contributed by atoms with E-state index in [2.05, 4.69) is 13.5 Å². The Morgan fingerprint density at radius 3 is 2.92 bits per heavy atom. The van der Waals surface area contributed by atoms with Gasteiger partial charge in [-0.1, -0.05) is 13.0 Å². The predicted octanol–water partition coefficient (Wildman–Crippen LogP) is 1.95. The summed E-state index contributed by atoms with van der Waals surface area (Å²) in [6.45, 7) is 7.55. The van der Waals surface area contributed by atoms with Crippen LogP contribution in [0, 0.1) is 5.92 Å². The molecular weight excluding hydrogens is 152 g/mol. The quantitative estimate of drug-likeness (QED) is 0.589. The van der Waals surface area contributed by atoms with Crippen molar-refractivity contribution in [1.29, 1.82) is 0 Å². The highest BCUT2D eigenvalue weighted by atomic mass is 16.5. The summed E-state index contributed by atoms with van der Waals surface area (Å²) >= 11 is 0. The van der Waals surface area contributed by atoms with Gasteiger partial charge in [0.25, 0.3) is 0 Å². The fourth-order valence-corrected chi connectivity index (χ4v) is 1.54. The molecule has 0 spiro atoms. The number of carbonyl (C=O) groups excluding carboxylic acids is 1. The summed E-state index contributed by atoms with van der Waals surface area (Å²) < 4.78 is 5.53. The fourth-order valence-electron chi connectivity index (χ4n) is 1.54. The van der Waals surface area contributed by atoms with E-state index in [9.17, 15) is 4.79 Å². The first-order valence-corrected chi connectivity index (χ1v) is 4.44. The Labute approximate surface area is 73.6 Å². The van der Waals surface area contributed by atoms with Crippen LogP contribution in [0.5, 0.6) is 0 Å². The minimum atomic E-state index is -0.217. The normalized spacial score (nSPS) is 36.5. The number of ether oxygens (including phenoxy) is 1. The molecule has 2 nitrogen and oxygen atoms in total. The highest BCUT2D eigenvalue weighted by Crippen LogP contribution is 2.24. The van der Waals surface area contributed by atoms with Gasteiger partial charge >= 0.3 is 0 Å². The SMILES string of the molecule is C=CCC1OC(C)C(=O)CC1C. The molecule has 12 heavy (non-hydrogen) atoms. The van der Waals surface area contributed by atoms with E-state index in [1.165, 1.54) is 0 Å². The molecule has 1 saturated heterocycles. The third-order valence-corrected chi connectivity index (χ3v) is 2.39. The van der Waals surface area contributed by atoms with Crippen LogP contribution < -0.4 is 0 Å². The summed E-state index contributed by atoms with van der Waals surface area (Å²) in [6, 6.07) is 0. The van der Waals surface area contributed by atoms with Gasteiger partial charge in [0.15, 0.2) is 5.78 Å². The first kappa shape index (κ1) is 9.46. The van der Waals surface area contributed by atoms with Crippen molar-refractivity contribution in [2.75, 3.05) is 0 Å². The van der Waals surface area contributed by atoms with Crippen LogP contribution in [0.4, 0.5) is 0 Å². The molecule has 0 aromatic heterocycles. The van der Waals surface area contributed by atoms with Gasteiger partial charge in [0, 0.05) is 6.42 Å². The van der Waals surface area contributed by atoms with E-state index >= 15 is 0 Å². The summed E-state index contributed by atoms with van der Waals surface area (Å²) in [5.74, 6) is 0.564. The van der Waals surface area contributed by atoms with Gasteiger partial charge in [-0.3, -0.25) is 4.79 Å². The average molecular weight is 168 g/mol. The van der Waals surface area contributed by atoms with Crippen LogP contribution in [-0.2, 0) is 9.53 Å². The molecule has 0 amide bonds. The monoisotopic (exact) mass is 168 g/mol. The van der Waals surface area contributed by atoms with Crippen molar-refractivity contribution in [1.82, 2.24) is 0 Å². The standard InChI is InChI=1S/C10H16O2/c1-4-5-10-7(2)6-9(11)8(3)12-10/h4,7-8,10H,1,5-6H2,2-3H3. The third-order valence-electron chi connectivity index (χ3n) is 2.39. The molecule has 2 heteroatoms. The smallest absolute Gasteiger partial charge is 0.161 e. The molecule has 0 saturated carbocycles. The van der Waals surface area contributed by atoms with Gasteiger partial charge in [0.2, 0.25) is 0 Å². The molecule has 1 aliphatic rings. The first-order valence-electron chi connectivity index (χ1n) is 4.44. The Kier molecular flexibility index (Phi) is 3.04. The number of carbonyl (C=O) groups is 1. The molecule has 0 aromatic rings. The van der Waals surface area contributed by atoms with Crippen molar-refractivity contribution in [2.45, 2.75) is 38.9 Å². The Balaban J connectivity index is 2.54. The molecule has 0 radical (unpaired) electrons. The van der Waals surface area contributed by atoms with E-state index in [-0.39, 0.29) is 18.0 Å². The highest BCUT2D eigenvalue weighted by Gasteiger charge is 2.30. The average Bonchev–Trinajstić information content (AvgIpc) is 2.01. The molecule has 0 aromatic carbocycles. The topological polar surface area (TPSA) is 26.3 Å². The van der Waals surface area contributed by atoms with Crippen molar-refractivity contribution < 1.29 is 9.53 Å². The fraction of sp³-hybridized carbons (Fsp3) is 0.700. The lowest BCUT2D eigenvalue weighted by Gasteiger charge is -2.31. The molecule has 0 bridgehead atoms. The summed E-state index contributed by atoms with van der Waals surface area (Å²) in [7, 11) is 0. The van der Waals surface area contributed by atoms with E-state index in [0.29, 0.717) is 12.3 Å². The summed E-state index contributed by atoms with van der Waals surface area (Å²) in [5.41, 5.74) is 0. The summed E-state index contributed by atoms with van der Waals surface area (Å²) in [4.78, 5) is 11.2. The lowest BCUT2D eigenvalue weighted by molar-refractivity contribution is -0.146. The van der Waals surface area contributed by atoms with Crippen LogP contribution in [-0.4, -0.2) is 18.0 Å². The van der Waals surface area contributed by atoms with E-state index in [1.54, 1.807) is 0 Å². The van der Waals surface area contributed by atoms with E-state index in [1.807, 2.05) is 13.0 Å². The third kappa shape index (κ3) is 1.95. The minimum Gasteiger partial charge on any atom is -0.367 e. The molecule has 3 unspecified atom stereocenters. The lowest BCUT2D eigenvalue weighted by Crippen LogP contribution is -2.38. The van der Waals surface area contributed by atoms with Crippen LogP contribution in [0.1, 0.15) is 26.7 Å². The Hall–Kier alpha value is -0.630. The molecule has 0 aliphatic carbocycles. The molecule has 1 heterocycles. The zero-order valence-corrected chi connectivity index (χ0v) is 7.75. The maximum absolute atomic E-state index is 11.2. The number of hydrogen-bond donors (Lipinski definition) is 0. The van der Waals surface area contributed by atoms with Gasteiger partial charge in [-0.2, -0.15) is 0 Å². The van der Waals surface area contributed by atoms with Crippen LogP contribution in [0.2, 0.25) is 0 Å². The molecule has 1 fully saturated rings. The Bertz CT molecular complexity index is 186. The summed E-state index contributed by atoms with van der Waals surface area (Å²) in [5, 5.41) is 0.